The van der Waals surface area contributed by atoms with Crippen LogP contribution in [0.5, 0.6) is 0 Å². The fourth-order valence-electron chi connectivity index (χ4n) is 2.63. The zero-order valence-corrected chi connectivity index (χ0v) is 14.4. The molecule has 2 aromatic carbocycles. The molecule has 2 atom stereocenters. The summed E-state index contributed by atoms with van der Waals surface area (Å²) < 4.78 is 0. The standard InChI is InChI=1S/C19H19ClN2O2/c1-12-10-15(12)18(23)21-17-11-13(8-9-16(17)20)19(24)22(2)14-6-4-3-5-7-14/h3-9,11-12,15H,10H2,1-2H3,(H,21,23). The number of carbonyl (C=O) groups excluding carboxylic acids is 2. The van der Waals surface area contributed by atoms with Crippen LogP contribution in [0.1, 0.15) is 23.7 Å². The van der Waals surface area contributed by atoms with Gasteiger partial charge in [0.05, 0.1) is 10.7 Å². The van der Waals surface area contributed by atoms with E-state index in [0.29, 0.717) is 22.2 Å². The van der Waals surface area contributed by atoms with Crippen LogP contribution >= 0.6 is 11.6 Å². The molecule has 0 saturated heterocycles. The van der Waals surface area contributed by atoms with Crippen molar-refractivity contribution in [2.24, 2.45) is 11.8 Å². The molecule has 3 rings (SSSR count). The van der Waals surface area contributed by atoms with Crippen LogP contribution < -0.4 is 10.2 Å². The van der Waals surface area contributed by atoms with Gasteiger partial charge >= 0.3 is 0 Å². The molecule has 1 saturated carbocycles. The predicted molar refractivity (Wildman–Crippen MR) is 96.5 cm³/mol. The van der Waals surface area contributed by atoms with Crippen molar-refractivity contribution in [1.29, 1.82) is 0 Å². The molecule has 0 aromatic heterocycles. The molecule has 1 aliphatic rings. The van der Waals surface area contributed by atoms with Crippen molar-refractivity contribution in [3.05, 3.63) is 59.1 Å². The summed E-state index contributed by atoms with van der Waals surface area (Å²) in [6, 6.07) is 14.3. The highest BCUT2D eigenvalue weighted by Gasteiger charge is 2.39. The van der Waals surface area contributed by atoms with E-state index in [1.807, 2.05) is 37.3 Å². The first-order valence-electron chi connectivity index (χ1n) is 7.91. The zero-order chi connectivity index (χ0) is 17.3. The van der Waals surface area contributed by atoms with Crippen molar-refractivity contribution in [3.8, 4) is 0 Å². The second kappa shape index (κ2) is 6.65. The number of hydrogen-bond acceptors (Lipinski definition) is 2. The van der Waals surface area contributed by atoms with Gasteiger partial charge in [-0.2, -0.15) is 0 Å². The fraction of sp³-hybridized carbons (Fsp3) is 0.263. The maximum atomic E-state index is 12.7. The molecule has 124 valence electrons. The van der Waals surface area contributed by atoms with Crippen molar-refractivity contribution >= 4 is 34.8 Å². The van der Waals surface area contributed by atoms with Crippen LogP contribution in [0.2, 0.25) is 5.02 Å². The molecular formula is C19H19ClN2O2. The Morgan fingerprint density at radius 2 is 1.83 bits per heavy atom. The van der Waals surface area contributed by atoms with E-state index >= 15 is 0 Å². The van der Waals surface area contributed by atoms with Gasteiger partial charge in [-0.05, 0) is 42.7 Å². The summed E-state index contributed by atoms with van der Waals surface area (Å²) in [5, 5.41) is 3.26. The van der Waals surface area contributed by atoms with Crippen LogP contribution in [0.4, 0.5) is 11.4 Å². The molecule has 0 aliphatic heterocycles. The maximum absolute atomic E-state index is 12.7. The average molecular weight is 343 g/mol. The molecule has 5 heteroatoms. The van der Waals surface area contributed by atoms with E-state index in [2.05, 4.69) is 5.32 Å². The first-order chi connectivity index (χ1) is 11.5. The van der Waals surface area contributed by atoms with E-state index in [-0.39, 0.29) is 17.7 Å². The van der Waals surface area contributed by atoms with Crippen molar-refractivity contribution in [2.45, 2.75) is 13.3 Å². The van der Waals surface area contributed by atoms with E-state index in [1.54, 1.807) is 30.1 Å². The van der Waals surface area contributed by atoms with Gasteiger partial charge in [0.25, 0.3) is 5.91 Å². The highest BCUT2D eigenvalue weighted by Crippen LogP contribution is 2.39. The molecule has 2 unspecified atom stereocenters. The summed E-state index contributed by atoms with van der Waals surface area (Å²) in [5.74, 6) is 0.267. The molecule has 0 radical (unpaired) electrons. The first-order valence-corrected chi connectivity index (χ1v) is 8.28. The van der Waals surface area contributed by atoms with Crippen LogP contribution in [-0.2, 0) is 4.79 Å². The smallest absolute Gasteiger partial charge is 0.258 e. The van der Waals surface area contributed by atoms with E-state index in [9.17, 15) is 9.59 Å². The highest BCUT2D eigenvalue weighted by atomic mass is 35.5. The van der Waals surface area contributed by atoms with E-state index < -0.39 is 0 Å². The summed E-state index contributed by atoms with van der Waals surface area (Å²) in [4.78, 5) is 26.3. The SMILES string of the molecule is CC1CC1C(=O)Nc1cc(C(=O)N(C)c2ccccc2)ccc1Cl. The second-order valence-corrected chi connectivity index (χ2v) is 6.61. The molecule has 0 heterocycles. The number of benzene rings is 2. The van der Waals surface area contributed by atoms with Crippen LogP contribution in [-0.4, -0.2) is 18.9 Å². The predicted octanol–water partition coefficient (Wildman–Crippen LogP) is 4.21. The Morgan fingerprint density at radius 3 is 2.46 bits per heavy atom. The molecule has 2 amide bonds. The maximum Gasteiger partial charge on any atom is 0.258 e. The van der Waals surface area contributed by atoms with Crippen LogP contribution in [0.25, 0.3) is 0 Å². The van der Waals surface area contributed by atoms with Gasteiger partial charge in [0.1, 0.15) is 0 Å². The summed E-state index contributed by atoms with van der Waals surface area (Å²) in [7, 11) is 1.72. The summed E-state index contributed by atoms with van der Waals surface area (Å²) in [6.45, 7) is 2.04. The topological polar surface area (TPSA) is 49.4 Å². The summed E-state index contributed by atoms with van der Waals surface area (Å²) >= 11 is 6.16. The quantitative estimate of drug-likeness (QED) is 0.904. The molecule has 4 nitrogen and oxygen atoms in total. The van der Waals surface area contributed by atoms with Crippen molar-refractivity contribution in [2.75, 3.05) is 17.3 Å². The van der Waals surface area contributed by atoms with Gasteiger partial charge in [-0.25, -0.2) is 0 Å². The largest absolute Gasteiger partial charge is 0.324 e. The summed E-state index contributed by atoms with van der Waals surface area (Å²) in [5.41, 5.74) is 1.76. The zero-order valence-electron chi connectivity index (χ0n) is 13.6. The number of carbonyl (C=O) groups is 2. The summed E-state index contributed by atoms with van der Waals surface area (Å²) in [6.07, 6.45) is 0.902. The number of nitrogens with zero attached hydrogens (tertiary/aromatic N) is 1. The van der Waals surface area contributed by atoms with Crippen molar-refractivity contribution in [3.63, 3.8) is 0 Å². The number of halogens is 1. The Bertz CT molecular complexity index is 776. The van der Waals surface area contributed by atoms with E-state index in [1.165, 1.54) is 0 Å². The molecular weight excluding hydrogens is 324 g/mol. The van der Waals surface area contributed by atoms with Crippen LogP contribution in [0, 0.1) is 11.8 Å². The number of hydrogen-bond donors (Lipinski definition) is 1. The Balaban J connectivity index is 1.80. The normalized spacial score (nSPS) is 18.8. The number of nitrogens with one attached hydrogen (secondary N) is 1. The minimum Gasteiger partial charge on any atom is -0.324 e. The van der Waals surface area contributed by atoms with Crippen LogP contribution in [0.15, 0.2) is 48.5 Å². The minimum absolute atomic E-state index is 0.0367. The second-order valence-electron chi connectivity index (χ2n) is 6.20. The fourth-order valence-corrected chi connectivity index (χ4v) is 2.79. The third kappa shape index (κ3) is 3.44. The minimum atomic E-state index is -0.159. The van der Waals surface area contributed by atoms with Gasteiger partial charge in [-0.3, -0.25) is 9.59 Å². The molecule has 0 spiro atoms. The monoisotopic (exact) mass is 342 g/mol. The van der Waals surface area contributed by atoms with Gasteiger partial charge in [0.2, 0.25) is 5.91 Å². The third-order valence-corrected chi connectivity index (χ3v) is 4.70. The number of para-hydroxylation sites is 1. The van der Waals surface area contributed by atoms with Gasteiger partial charge in [-0.15, -0.1) is 0 Å². The van der Waals surface area contributed by atoms with Gasteiger partial charge in [0, 0.05) is 24.2 Å². The lowest BCUT2D eigenvalue weighted by molar-refractivity contribution is -0.117. The average Bonchev–Trinajstić information content (AvgIpc) is 3.33. The van der Waals surface area contributed by atoms with Gasteiger partial charge < -0.3 is 10.2 Å². The lowest BCUT2D eigenvalue weighted by Crippen LogP contribution is -2.26. The van der Waals surface area contributed by atoms with Gasteiger partial charge in [0.15, 0.2) is 0 Å². The Hall–Kier alpha value is -2.33. The first kappa shape index (κ1) is 16.5. The lowest BCUT2D eigenvalue weighted by Gasteiger charge is -2.18. The number of anilines is 2. The number of rotatable bonds is 4. The third-order valence-electron chi connectivity index (χ3n) is 4.37. The van der Waals surface area contributed by atoms with Crippen LogP contribution in [0.3, 0.4) is 0 Å². The number of amides is 2. The van der Waals surface area contributed by atoms with E-state index in [0.717, 1.165) is 12.1 Å². The molecule has 24 heavy (non-hydrogen) atoms. The Labute approximate surface area is 146 Å². The van der Waals surface area contributed by atoms with Gasteiger partial charge in [-0.1, -0.05) is 36.7 Å². The molecule has 1 N–H and O–H groups in total. The molecule has 1 fully saturated rings. The highest BCUT2D eigenvalue weighted by molar-refractivity contribution is 6.34. The molecule has 1 aliphatic carbocycles. The Morgan fingerprint density at radius 1 is 1.17 bits per heavy atom. The molecule has 0 bridgehead atoms. The molecule has 2 aromatic rings. The van der Waals surface area contributed by atoms with Crippen molar-refractivity contribution in [1.82, 2.24) is 0 Å². The Kier molecular flexibility index (Phi) is 4.58. The van der Waals surface area contributed by atoms with Crippen molar-refractivity contribution < 1.29 is 9.59 Å². The lowest BCUT2D eigenvalue weighted by atomic mass is 10.1. The van der Waals surface area contributed by atoms with E-state index in [4.69, 9.17) is 11.6 Å².